The van der Waals surface area contributed by atoms with Gasteiger partial charge in [-0.05, 0) is 38.3 Å². The lowest BCUT2D eigenvalue weighted by molar-refractivity contribution is 0.170. The van der Waals surface area contributed by atoms with Crippen LogP contribution in [0.1, 0.15) is 50.7 Å². The third-order valence-corrected chi connectivity index (χ3v) is 5.87. The summed E-state index contributed by atoms with van der Waals surface area (Å²) < 4.78 is 6.44. The number of rotatable bonds is 4. The van der Waals surface area contributed by atoms with E-state index in [1.807, 2.05) is 0 Å². The second-order valence-electron chi connectivity index (χ2n) is 6.89. The van der Waals surface area contributed by atoms with Crippen LogP contribution in [0.2, 0.25) is 0 Å². The summed E-state index contributed by atoms with van der Waals surface area (Å²) in [5.74, 6) is 4.84. The standard InChI is InChI=1S/C16H26N2OS/c1-11-8-12(11)14-4-5-15(19-14)13(9-17)18-6-7-20-16(2,3)10-18/h4-5,11-13H,6-10,17H2,1-3H3. The first kappa shape index (κ1) is 14.5. The second kappa shape index (κ2) is 5.39. The van der Waals surface area contributed by atoms with Crippen LogP contribution in [-0.2, 0) is 0 Å². The Kier molecular flexibility index (Phi) is 3.91. The molecular formula is C16H26N2OS. The number of hydrogen-bond donors (Lipinski definition) is 1. The number of nitrogens with zero attached hydrogens (tertiary/aromatic N) is 1. The molecule has 0 bridgehead atoms. The van der Waals surface area contributed by atoms with Gasteiger partial charge < -0.3 is 10.2 Å². The van der Waals surface area contributed by atoms with Gasteiger partial charge in [-0.15, -0.1) is 0 Å². The Balaban J connectivity index is 1.74. The highest BCUT2D eigenvalue weighted by atomic mass is 32.2. The van der Waals surface area contributed by atoms with E-state index >= 15 is 0 Å². The van der Waals surface area contributed by atoms with Gasteiger partial charge in [0.25, 0.3) is 0 Å². The van der Waals surface area contributed by atoms with Crippen molar-refractivity contribution in [2.45, 2.75) is 43.9 Å². The second-order valence-corrected chi connectivity index (χ2v) is 8.69. The maximum Gasteiger partial charge on any atom is 0.122 e. The van der Waals surface area contributed by atoms with Crippen LogP contribution in [0.5, 0.6) is 0 Å². The predicted molar refractivity (Wildman–Crippen MR) is 85.1 cm³/mol. The van der Waals surface area contributed by atoms with Crippen LogP contribution in [0.15, 0.2) is 16.5 Å². The molecule has 1 saturated carbocycles. The molecule has 2 N–H and O–H groups in total. The fourth-order valence-electron chi connectivity index (χ4n) is 3.23. The molecule has 3 atom stereocenters. The van der Waals surface area contributed by atoms with Crippen molar-refractivity contribution in [1.82, 2.24) is 4.90 Å². The molecule has 0 aromatic carbocycles. The Bertz CT molecular complexity index is 471. The highest BCUT2D eigenvalue weighted by Crippen LogP contribution is 2.48. The van der Waals surface area contributed by atoms with Gasteiger partial charge in [-0.2, -0.15) is 11.8 Å². The van der Waals surface area contributed by atoms with E-state index in [1.54, 1.807) is 0 Å². The first-order valence-electron chi connectivity index (χ1n) is 7.68. The minimum absolute atomic E-state index is 0.234. The van der Waals surface area contributed by atoms with Gasteiger partial charge in [0.1, 0.15) is 11.5 Å². The topological polar surface area (TPSA) is 42.4 Å². The van der Waals surface area contributed by atoms with E-state index < -0.39 is 0 Å². The maximum atomic E-state index is 6.12. The molecule has 20 heavy (non-hydrogen) atoms. The molecule has 3 nitrogen and oxygen atoms in total. The van der Waals surface area contributed by atoms with Crippen molar-refractivity contribution in [2.24, 2.45) is 11.7 Å². The van der Waals surface area contributed by atoms with Crippen LogP contribution in [0, 0.1) is 5.92 Å². The Morgan fingerprint density at radius 2 is 2.25 bits per heavy atom. The van der Waals surface area contributed by atoms with Crippen molar-refractivity contribution in [2.75, 3.05) is 25.4 Å². The van der Waals surface area contributed by atoms with Crippen LogP contribution >= 0.6 is 11.8 Å². The van der Waals surface area contributed by atoms with E-state index in [0.29, 0.717) is 17.2 Å². The molecule has 0 spiro atoms. The summed E-state index contributed by atoms with van der Waals surface area (Å²) in [6.45, 7) is 9.74. The lowest BCUT2D eigenvalue weighted by Crippen LogP contribution is -2.46. The molecule has 4 heteroatoms. The molecule has 0 amide bonds. The molecule has 2 heterocycles. The fourth-order valence-corrected chi connectivity index (χ4v) is 4.36. The van der Waals surface area contributed by atoms with E-state index in [1.165, 1.54) is 12.2 Å². The Hall–Kier alpha value is -0.450. The first-order valence-corrected chi connectivity index (χ1v) is 8.66. The van der Waals surface area contributed by atoms with Crippen molar-refractivity contribution in [3.8, 4) is 0 Å². The summed E-state index contributed by atoms with van der Waals surface area (Å²) in [4.78, 5) is 2.50. The fraction of sp³-hybridized carbons (Fsp3) is 0.750. The van der Waals surface area contributed by atoms with Gasteiger partial charge in [-0.1, -0.05) is 6.92 Å². The molecule has 2 fully saturated rings. The average molecular weight is 294 g/mol. The van der Waals surface area contributed by atoms with Crippen molar-refractivity contribution >= 4 is 11.8 Å². The van der Waals surface area contributed by atoms with Crippen molar-refractivity contribution < 1.29 is 4.42 Å². The Morgan fingerprint density at radius 3 is 2.85 bits per heavy atom. The van der Waals surface area contributed by atoms with E-state index in [2.05, 4.69) is 49.6 Å². The van der Waals surface area contributed by atoms with Crippen molar-refractivity contribution in [3.05, 3.63) is 23.7 Å². The molecule has 2 aliphatic rings. The van der Waals surface area contributed by atoms with Gasteiger partial charge in [-0.25, -0.2) is 0 Å². The zero-order valence-corrected chi connectivity index (χ0v) is 13.6. The van der Waals surface area contributed by atoms with E-state index in [-0.39, 0.29) is 6.04 Å². The third-order valence-electron chi connectivity index (χ3n) is 4.57. The highest BCUT2D eigenvalue weighted by molar-refractivity contribution is 8.00. The van der Waals surface area contributed by atoms with Crippen LogP contribution in [0.3, 0.4) is 0 Å². The number of thioether (sulfide) groups is 1. The molecule has 0 radical (unpaired) electrons. The van der Waals surface area contributed by atoms with Crippen molar-refractivity contribution in [3.63, 3.8) is 0 Å². The first-order chi connectivity index (χ1) is 9.50. The molecular weight excluding hydrogens is 268 g/mol. The SMILES string of the molecule is CC1CC1c1ccc(C(CN)N2CCSC(C)(C)C2)o1. The lowest BCUT2D eigenvalue weighted by atomic mass is 10.1. The van der Waals surface area contributed by atoms with Gasteiger partial charge in [0.2, 0.25) is 0 Å². The zero-order chi connectivity index (χ0) is 14.3. The van der Waals surface area contributed by atoms with Crippen LogP contribution < -0.4 is 5.73 Å². The molecule has 1 aliphatic heterocycles. The highest BCUT2D eigenvalue weighted by Gasteiger charge is 2.38. The van der Waals surface area contributed by atoms with Crippen LogP contribution in [-0.4, -0.2) is 35.0 Å². The summed E-state index contributed by atoms with van der Waals surface area (Å²) in [5, 5.41) is 0. The normalized spacial score (nSPS) is 31.2. The molecule has 112 valence electrons. The molecule has 1 aromatic rings. The van der Waals surface area contributed by atoms with Gasteiger partial charge in [0.15, 0.2) is 0 Å². The number of nitrogens with two attached hydrogens (primary N) is 1. The summed E-state index contributed by atoms with van der Waals surface area (Å²) >= 11 is 2.05. The third kappa shape index (κ3) is 2.92. The van der Waals surface area contributed by atoms with Crippen LogP contribution in [0.4, 0.5) is 0 Å². The summed E-state index contributed by atoms with van der Waals surface area (Å²) in [6, 6.07) is 4.54. The van der Waals surface area contributed by atoms with Gasteiger partial charge in [0.05, 0.1) is 6.04 Å². The lowest BCUT2D eigenvalue weighted by Gasteiger charge is -2.40. The number of hydrogen-bond acceptors (Lipinski definition) is 4. The zero-order valence-electron chi connectivity index (χ0n) is 12.8. The smallest absolute Gasteiger partial charge is 0.122 e. The quantitative estimate of drug-likeness (QED) is 0.926. The number of furan rings is 1. The summed E-state index contributed by atoms with van der Waals surface area (Å²) in [5.41, 5.74) is 6.04. The molecule has 1 aliphatic carbocycles. The molecule has 3 rings (SSSR count). The van der Waals surface area contributed by atoms with E-state index in [4.69, 9.17) is 10.2 Å². The van der Waals surface area contributed by atoms with Gasteiger partial charge in [-0.3, -0.25) is 4.90 Å². The molecule has 1 aromatic heterocycles. The molecule has 1 saturated heterocycles. The monoisotopic (exact) mass is 294 g/mol. The van der Waals surface area contributed by atoms with E-state index in [0.717, 1.165) is 30.5 Å². The summed E-state index contributed by atoms with van der Waals surface area (Å²) in [7, 11) is 0. The minimum atomic E-state index is 0.234. The van der Waals surface area contributed by atoms with E-state index in [9.17, 15) is 0 Å². The average Bonchev–Trinajstić information content (AvgIpc) is 2.92. The van der Waals surface area contributed by atoms with Gasteiger partial charge >= 0.3 is 0 Å². The largest absolute Gasteiger partial charge is 0.464 e. The van der Waals surface area contributed by atoms with Crippen molar-refractivity contribution in [1.29, 1.82) is 0 Å². The minimum Gasteiger partial charge on any atom is -0.464 e. The molecule has 3 unspecified atom stereocenters. The Morgan fingerprint density at radius 1 is 1.50 bits per heavy atom. The van der Waals surface area contributed by atoms with Crippen LogP contribution in [0.25, 0.3) is 0 Å². The maximum absolute atomic E-state index is 6.12. The Labute approximate surface area is 126 Å². The predicted octanol–water partition coefficient (Wildman–Crippen LogP) is 3.23. The summed E-state index contributed by atoms with van der Waals surface area (Å²) in [6.07, 6.45) is 1.27. The van der Waals surface area contributed by atoms with Gasteiger partial charge in [0, 0.05) is 36.1 Å².